The van der Waals surface area contributed by atoms with E-state index in [4.69, 9.17) is 0 Å². The second kappa shape index (κ2) is 1.97. The van der Waals surface area contributed by atoms with Crippen LogP contribution >= 0.6 is 0 Å². The molecule has 1 heterocycles. The average Bonchev–Trinajstić information content (AvgIpc) is 2.11. The predicted octanol–water partition coefficient (Wildman–Crippen LogP) is -1.13. The van der Waals surface area contributed by atoms with E-state index in [1.165, 1.54) is 7.05 Å². The summed E-state index contributed by atoms with van der Waals surface area (Å²) < 4.78 is 32.9. The fraction of sp³-hybridized carbons (Fsp3) is 0.500. The Morgan fingerprint density at radius 1 is 1.60 bits per heavy atom. The van der Waals surface area contributed by atoms with Gasteiger partial charge in [-0.2, -0.15) is 8.42 Å². The Balaban J connectivity index is 3.32. The molecule has 0 saturated carbocycles. The van der Waals surface area contributed by atoms with Crippen molar-refractivity contribution in [2.45, 2.75) is 5.16 Å². The van der Waals surface area contributed by atoms with E-state index in [9.17, 15) is 12.3 Å². The molecular weight excluding hydrogens is 163 g/mol. The Hall–Kier alpha value is -1.05. The predicted molar refractivity (Wildman–Crippen MR) is 27.1 cm³/mol. The first-order chi connectivity index (χ1) is 4.52. The summed E-state index contributed by atoms with van der Waals surface area (Å²) >= 11 is 0. The molecule has 0 spiro atoms. The molecule has 0 N–H and O–H groups in total. The molecule has 0 aromatic carbocycles. The molecule has 1 aromatic rings. The van der Waals surface area contributed by atoms with Gasteiger partial charge in [-0.15, -0.1) is 0 Å². The van der Waals surface area contributed by atoms with E-state index < -0.39 is 15.4 Å². The molecule has 0 aliphatic carbocycles. The molecule has 8 heteroatoms. The van der Waals surface area contributed by atoms with Gasteiger partial charge in [0.15, 0.2) is 0 Å². The van der Waals surface area contributed by atoms with Crippen LogP contribution in [0.1, 0.15) is 0 Å². The lowest BCUT2D eigenvalue weighted by Gasteiger charge is -1.87. The summed E-state index contributed by atoms with van der Waals surface area (Å²) in [6, 6.07) is 0. The number of tetrazole rings is 1. The van der Waals surface area contributed by atoms with E-state index >= 15 is 0 Å². The van der Waals surface area contributed by atoms with Gasteiger partial charge in [-0.25, -0.2) is 4.68 Å². The summed E-state index contributed by atoms with van der Waals surface area (Å²) in [5.41, 5.74) is 0. The highest BCUT2D eigenvalue weighted by Gasteiger charge is 2.18. The lowest BCUT2D eigenvalue weighted by Crippen LogP contribution is -2.03. The minimum absolute atomic E-state index is 0.731. The van der Waals surface area contributed by atoms with E-state index in [2.05, 4.69) is 15.5 Å². The zero-order valence-corrected chi connectivity index (χ0v) is 5.71. The van der Waals surface area contributed by atoms with Crippen molar-refractivity contribution in [3.63, 3.8) is 0 Å². The third kappa shape index (κ3) is 1.10. The number of nitrogens with zero attached hydrogens (tertiary/aromatic N) is 4. The van der Waals surface area contributed by atoms with Gasteiger partial charge in [-0.1, -0.05) is 8.98 Å². The zero-order chi connectivity index (χ0) is 7.78. The van der Waals surface area contributed by atoms with Crippen LogP contribution < -0.4 is 0 Å². The third-order valence-electron chi connectivity index (χ3n) is 0.799. The molecule has 10 heavy (non-hydrogen) atoms. The van der Waals surface area contributed by atoms with Crippen LogP contribution in [0.25, 0.3) is 0 Å². The van der Waals surface area contributed by atoms with Crippen molar-refractivity contribution >= 4 is 10.2 Å². The van der Waals surface area contributed by atoms with Crippen molar-refractivity contribution in [3.8, 4) is 0 Å². The summed E-state index contributed by atoms with van der Waals surface area (Å²) in [4.78, 5) is 0. The molecule has 0 amide bonds. The Kier molecular flexibility index (Phi) is 1.39. The first kappa shape index (κ1) is 7.06. The molecule has 0 unspecified atom stereocenters. The quantitative estimate of drug-likeness (QED) is 0.493. The maximum atomic E-state index is 12.0. The van der Waals surface area contributed by atoms with Gasteiger partial charge in [0, 0.05) is 7.05 Å². The largest absolute Gasteiger partial charge is 0.369 e. The number of rotatable bonds is 1. The SMILES string of the molecule is Cn1nnnc1S(=O)(=O)F. The fourth-order valence-corrected chi connectivity index (χ4v) is 0.914. The highest BCUT2D eigenvalue weighted by atomic mass is 32.3. The molecule has 56 valence electrons. The normalized spacial score (nSPS) is 11.8. The minimum atomic E-state index is -4.76. The maximum absolute atomic E-state index is 12.0. The van der Waals surface area contributed by atoms with Gasteiger partial charge < -0.3 is 0 Å². The van der Waals surface area contributed by atoms with Gasteiger partial charge in [0.1, 0.15) is 0 Å². The van der Waals surface area contributed by atoms with Gasteiger partial charge in [-0.3, -0.25) is 0 Å². The van der Waals surface area contributed by atoms with Crippen LogP contribution in [-0.2, 0) is 17.3 Å². The van der Waals surface area contributed by atoms with Gasteiger partial charge >= 0.3 is 10.2 Å². The van der Waals surface area contributed by atoms with Crippen LogP contribution in [0.15, 0.2) is 5.16 Å². The molecule has 0 radical (unpaired) electrons. The van der Waals surface area contributed by atoms with Crippen LogP contribution in [0, 0.1) is 0 Å². The molecule has 1 aromatic heterocycles. The zero-order valence-electron chi connectivity index (χ0n) is 4.89. The number of halogens is 1. The Labute approximate surface area is 55.9 Å². The lowest BCUT2D eigenvalue weighted by atomic mass is 11.2. The molecule has 1 rings (SSSR count). The second-order valence-electron chi connectivity index (χ2n) is 1.52. The van der Waals surface area contributed by atoms with Crippen molar-refractivity contribution in [2.75, 3.05) is 0 Å². The summed E-state index contributed by atoms with van der Waals surface area (Å²) in [6.07, 6.45) is 0. The number of aryl methyl sites for hydroxylation is 1. The summed E-state index contributed by atoms with van der Waals surface area (Å²) in [7, 11) is -3.53. The number of hydrogen-bond donors (Lipinski definition) is 0. The van der Waals surface area contributed by atoms with Crippen molar-refractivity contribution in [1.29, 1.82) is 0 Å². The molecule has 0 atom stereocenters. The number of hydrogen-bond acceptors (Lipinski definition) is 5. The fourth-order valence-electron chi connectivity index (χ4n) is 0.428. The van der Waals surface area contributed by atoms with Crippen LogP contribution in [0.2, 0.25) is 0 Å². The molecule has 0 bridgehead atoms. The second-order valence-corrected chi connectivity index (χ2v) is 2.76. The van der Waals surface area contributed by atoms with Crippen LogP contribution in [0.4, 0.5) is 3.89 Å². The standard InChI is InChI=1S/C2H3FN4O2S/c1-7-2(4-5-6-7)10(3,8)9/h1H3. The van der Waals surface area contributed by atoms with Crippen molar-refractivity contribution < 1.29 is 12.3 Å². The van der Waals surface area contributed by atoms with Crippen LogP contribution in [0.5, 0.6) is 0 Å². The van der Waals surface area contributed by atoms with Crippen molar-refractivity contribution in [1.82, 2.24) is 20.2 Å². The smallest absolute Gasteiger partial charge is 0.217 e. The minimum Gasteiger partial charge on any atom is -0.217 e. The van der Waals surface area contributed by atoms with Crippen molar-refractivity contribution in [3.05, 3.63) is 0 Å². The van der Waals surface area contributed by atoms with Crippen molar-refractivity contribution in [2.24, 2.45) is 7.05 Å². The van der Waals surface area contributed by atoms with E-state index in [0.29, 0.717) is 0 Å². The van der Waals surface area contributed by atoms with Crippen LogP contribution in [-0.4, -0.2) is 28.6 Å². The molecular formula is C2H3FN4O2S. The molecule has 0 aliphatic rings. The van der Waals surface area contributed by atoms with E-state index in [1.807, 2.05) is 0 Å². The lowest BCUT2D eigenvalue weighted by molar-refractivity contribution is 0.527. The highest BCUT2D eigenvalue weighted by molar-refractivity contribution is 7.86. The topological polar surface area (TPSA) is 77.7 Å². The maximum Gasteiger partial charge on any atom is 0.369 e. The third-order valence-corrected chi connectivity index (χ3v) is 1.58. The van der Waals surface area contributed by atoms with E-state index in [0.717, 1.165) is 4.68 Å². The van der Waals surface area contributed by atoms with Gasteiger partial charge in [0.05, 0.1) is 0 Å². The van der Waals surface area contributed by atoms with E-state index in [-0.39, 0.29) is 0 Å². The Bertz CT molecular complexity index is 329. The highest BCUT2D eigenvalue weighted by Crippen LogP contribution is 2.03. The summed E-state index contributed by atoms with van der Waals surface area (Å²) in [5, 5.41) is 8.19. The Morgan fingerprint density at radius 2 is 2.20 bits per heavy atom. The average molecular weight is 166 g/mol. The summed E-state index contributed by atoms with van der Waals surface area (Å²) in [5.74, 6) is 0. The van der Waals surface area contributed by atoms with Gasteiger partial charge in [-0.05, 0) is 10.4 Å². The monoisotopic (exact) mass is 166 g/mol. The Morgan fingerprint density at radius 3 is 2.40 bits per heavy atom. The van der Waals surface area contributed by atoms with Gasteiger partial charge in [0.25, 0.3) is 5.16 Å². The summed E-state index contributed by atoms with van der Waals surface area (Å²) in [6.45, 7) is 0. The first-order valence-electron chi connectivity index (χ1n) is 2.19. The molecule has 0 aliphatic heterocycles. The van der Waals surface area contributed by atoms with Crippen LogP contribution in [0.3, 0.4) is 0 Å². The first-order valence-corrected chi connectivity index (χ1v) is 3.57. The van der Waals surface area contributed by atoms with E-state index in [1.54, 1.807) is 0 Å². The van der Waals surface area contributed by atoms with Gasteiger partial charge in [0.2, 0.25) is 0 Å². The molecule has 0 fully saturated rings. The number of aromatic nitrogens is 4. The molecule has 0 saturated heterocycles. The molecule has 6 nitrogen and oxygen atoms in total.